The van der Waals surface area contributed by atoms with Gasteiger partial charge in [-0.3, -0.25) is 0 Å². The molecule has 0 aliphatic carbocycles. The number of benzene rings is 1. The predicted octanol–water partition coefficient (Wildman–Crippen LogP) is 3.41. The van der Waals surface area contributed by atoms with Crippen molar-refractivity contribution in [2.24, 2.45) is 0 Å². The minimum atomic E-state index is -0.272. The molecule has 4 nitrogen and oxygen atoms in total. The lowest BCUT2D eigenvalue weighted by molar-refractivity contribution is 0.628. The van der Waals surface area contributed by atoms with E-state index in [0.717, 1.165) is 23.5 Å². The Morgan fingerprint density at radius 3 is 2.63 bits per heavy atom. The minimum absolute atomic E-state index is 0.272. The number of anilines is 3. The van der Waals surface area contributed by atoms with E-state index in [1.54, 1.807) is 6.07 Å². The molecule has 1 aromatic heterocycles. The van der Waals surface area contributed by atoms with Gasteiger partial charge in [-0.05, 0) is 38.5 Å². The Morgan fingerprint density at radius 2 is 1.89 bits per heavy atom. The largest absolute Gasteiger partial charge is 0.370 e. The van der Waals surface area contributed by atoms with Gasteiger partial charge in [0.05, 0.1) is 0 Å². The van der Waals surface area contributed by atoms with E-state index in [4.69, 9.17) is 0 Å². The summed E-state index contributed by atoms with van der Waals surface area (Å²) in [5.41, 5.74) is 2.58. The van der Waals surface area contributed by atoms with Crippen LogP contribution in [0.25, 0.3) is 0 Å². The number of hydrogen-bond donors (Lipinski definition) is 2. The smallest absolute Gasteiger partial charge is 0.138 e. The topological polar surface area (TPSA) is 49.8 Å². The highest BCUT2D eigenvalue weighted by Gasteiger charge is 2.08. The molecular weight excluding hydrogens is 243 g/mol. The van der Waals surface area contributed by atoms with E-state index >= 15 is 0 Å². The van der Waals surface area contributed by atoms with Crippen molar-refractivity contribution in [3.63, 3.8) is 0 Å². The first-order valence-corrected chi connectivity index (χ1v) is 6.20. The minimum Gasteiger partial charge on any atom is -0.370 e. The zero-order valence-corrected chi connectivity index (χ0v) is 11.3. The van der Waals surface area contributed by atoms with E-state index in [1.165, 1.54) is 18.5 Å². The van der Waals surface area contributed by atoms with Gasteiger partial charge in [0.15, 0.2) is 0 Å². The van der Waals surface area contributed by atoms with Gasteiger partial charge in [-0.25, -0.2) is 14.4 Å². The van der Waals surface area contributed by atoms with Gasteiger partial charge < -0.3 is 10.6 Å². The molecule has 0 bridgehead atoms. The molecule has 2 rings (SSSR count). The van der Waals surface area contributed by atoms with Crippen LogP contribution in [-0.4, -0.2) is 16.5 Å². The number of aryl methyl sites for hydroxylation is 1. The average Bonchev–Trinajstić information content (AvgIpc) is 2.39. The molecule has 100 valence electrons. The maximum atomic E-state index is 13.3. The summed E-state index contributed by atoms with van der Waals surface area (Å²) in [6.07, 6.45) is 1.49. The number of aromatic nitrogens is 2. The monoisotopic (exact) mass is 260 g/mol. The molecule has 5 heteroatoms. The summed E-state index contributed by atoms with van der Waals surface area (Å²) >= 11 is 0. The first-order valence-electron chi connectivity index (χ1n) is 6.20. The number of hydrogen-bond acceptors (Lipinski definition) is 4. The van der Waals surface area contributed by atoms with Crippen LogP contribution >= 0.6 is 0 Å². The quantitative estimate of drug-likeness (QED) is 0.884. The number of nitrogens with one attached hydrogen (secondary N) is 2. The lowest BCUT2D eigenvalue weighted by atomic mass is 10.2. The van der Waals surface area contributed by atoms with Crippen molar-refractivity contribution in [3.05, 3.63) is 41.5 Å². The zero-order chi connectivity index (χ0) is 13.8. The normalized spacial score (nSPS) is 10.3. The van der Waals surface area contributed by atoms with Crippen molar-refractivity contribution < 1.29 is 4.39 Å². The fraction of sp³-hybridized carbons (Fsp3) is 0.286. The predicted molar refractivity (Wildman–Crippen MR) is 75.4 cm³/mol. The van der Waals surface area contributed by atoms with Gasteiger partial charge >= 0.3 is 0 Å². The molecule has 0 fully saturated rings. The Morgan fingerprint density at radius 1 is 1.16 bits per heavy atom. The van der Waals surface area contributed by atoms with Crippen molar-refractivity contribution in [2.45, 2.75) is 20.8 Å². The van der Waals surface area contributed by atoms with Gasteiger partial charge in [0.2, 0.25) is 0 Å². The molecule has 1 aromatic carbocycles. The summed E-state index contributed by atoms with van der Waals surface area (Å²) in [4.78, 5) is 8.38. The molecule has 19 heavy (non-hydrogen) atoms. The van der Waals surface area contributed by atoms with Crippen LogP contribution in [-0.2, 0) is 0 Å². The molecular formula is C14H17FN4. The molecule has 2 N–H and O–H groups in total. The Labute approximate surface area is 112 Å². The van der Waals surface area contributed by atoms with Crippen LogP contribution in [0.1, 0.15) is 18.1 Å². The van der Waals surface area contributed by atoms with E-state index < -0.39 is 0 Å². The average molecular weight is 260 g/mol. The summed E-state index contributed by atoms with van der Waals surface area (Å²) in [5.74, 6) is 1.19. The van der Waals surface area contributed by atoms with Gasteiger partial charge in [-0.1, -0.05) is 6.07 Å². The third-order valence-corrected chi connectivity index (χ3v) is 2.88. The maximum absolute atomic E-state index is 13.3. The molecule has 0 unspecified atom stereocenters. The van der Waals surface area contributed by atoms with Crippen LogP contribution in [0.3, 0.4) is 0 Å². The summed E-state index contributed by atoms with van der Waals surface area (Å²) in [6.45, 7) is 6.64. The number of halogens is 1. The van der Waals surface area contributed by atoms with Crippen LogP contribution in [0.4, 0.5) is 21.7 Å². The summed E-state index contributed by atoms with van der Waals surface area (Å²) < 4.78 is 13.3. The van der Waals surface area contributed by atoms with Gasteiger partial charge in [-0.2, -0.15) is 0 Å². The van der Waals surface area contributed by atoms with Crippen molar-refractivity contribution in [1.82, 2.24) is 9.97 Å². The number of nitrogens with zero attached hydrogens (tertiary/aromatic N) is 2. The van der Waals surface area contributed by atoms with Crippen LogP contribution in [0.2, 0.25) is 0 Å². The number of rotatable bonds is 4. The molecule has 0 saturated heterocycles. The lowest BCUT2D eigenvalue weighted by Crippen LogP contribution is -2.06. The second-order valence-electron chi connectivity index (χ2n) is 4.31. The van der Waals surface area contributed by atoms with Crippen LogP contribution in [0, 0.1) is 19.7 Å². The molecule has 2 aromatic rings. The van der Waals surface area contributed by atoms with Gasteiger partial charge in [0, 0.05) is 17.8 Å². The molecule has 0 spiro atoms. The van der Waals surface area contributed by atoms with E-state index in [0.29, 0.717) is 11.5 Å². The Kier molecular flexibility index (Phi) is 3.94. The molecule has 0 aliphatic heterocycles. The summed E-state index contributed by atoms with van der Waals surface area (Å²) in [6, 6.07) is 4.64. The van der Waals surface area contributed by atoms with Gasteiger partial charge in [-0.15, -0.1) is 0 Å². The third-order valence-electron chi connectivity index (χ3n) is 2.88. The maximum Gasteiger partial charge on any atom is 0.138 e. The summed E-state index contributed by atoms with van der Waals surface area (Å²) in [7, 11) is 0. The highest BCUT2D eigenvalue weighted by Crippen LogP contribution is 2.24. The van der Waals surface area contributed by atoms with E-state index in [2.05, 4.69) is 20.6 Å². The molecule has 0 atom stereocenters. The second kappa shape index (κ2) is 5.65. The first kappa shape index (κ1) is 13.3. The molecule has 0 saturated carbocycles. The molecule has 0 amide bonds. The SMILES string of the molecule is CCNc1ncnc(Nc2cc(F)ccc2C)c1C. The first-order chi connectivity index (χ1) is 9.11. The molecule has 0 radical (unpaired) electrons. The van der Waals surface area contributed by atoms with Crippen molar-refractivity contribution in [3.8, 4) is 0 Å². The Hall–Kier alpha value is -2.17. The fourth-order valence-electron chi connectivity index (χ4n) is 1.78. The Bertz CT molecular complexity index is 584. The molecule has 0 aliphatic rings. The van der Waals surface area contributed by atoms with Crippen molar-refractivity contribution >= 4 is 17.3 Å². The van der Waals surface area contributed by atoms with Crippen LogP contribution in [0.5, 0.6) is 0 Å². The van der Waals surface area contributed by atoms with Crippen molar-refractivity contribution in [1.29, 1.82) is 0 Å². The van der Waals surface area contributed by atoms with E-state index in [9.17, 15) is 4.39 Å². The Balaban J connectivity index is 2.33. The van der Waals surface area contributed by atoms with Crippen LogP contribution in [0.15, 0.2) is 24.5 Å². The van der Waals surface area contributed by atoms with E-state index in [-0.39, 0.29) is 5.82 Å². The standard InChI is InChI=1S/C14H17FN4/c1-4-16-13-10(3)14(18-8-17-13)19-12-7-11(15)6-5-9(12)2/h5-8H,4H2,1-3H3,(H2,16,17,18,19). The van der Waals surface area contributed by atoms with Crippen molar-refractivity contribution in [2.75, 3.05) is 17.2 Å². The zero-order valence-electron chi connectivity index (χ0n) is 11.3. The van der Waals surface area contributed by atoms with Crippen LogP contribution < -0.4 is 10.6 Å². The second-order valence-corrected chi connectivity index (χ2v) is 4.31. The summed E-state index contributed by atoms with van der Waals surface area (Å²) in [5, 5.41) is 6.31. The fourth-order valence-corrected chi connectivity index (χ4v) is 1.78. The highest BCUT2D eigenvalue weighted by molar-refractivity contribution is 5.66. The third kappa shape index (κ3) is 2.99. The van der Waals surface area contributed by atoms with Gasteiger partial charge in [0.25, 0.3) is 0 Å². The highest BCUT2D eigenvalue weighted by atomic mass is 19.1. The van der Waals surface area contributed by atoms with Gasteiger partial charge in [0.1, 0.15) is 23.8 Å². The lowest BCUT2D eigenvalue weighted by Gasteiger charge is -2.13. The van der Waals surface area contributed by atoms with E-state index in [1.807, 2.05) is 20.8 Å². The molecule has 1 heterocycles.